The van der Waals surface area contributed by atoms with E-state index in [1.807, 2.05) is 6.92 Å². The van der Waals surface area contributed by atoms with Gasteiger partial charge in [-0.15, -0.1) is 0 Å². The summed E-state index contributed by atoms with van der Waals surface area (Å²) in [5, 5.41) is 0. The largest absolute Gasteiger partial charge is 0.465 e. The number of carbonyl (C=O) groups is 2. The molecule has 5 nitrogen and oxygen atoms in total. The zero-order chi connectivity index (χ0) is 27.1. The van der Waals surface area contributed by atoms with Gasteiger partial charge in [-0.2, -0.15) is 0 Å². The first-order valence-corrected chi connectivity index (χ1v) is 14.1. The van der Waals surface area contributed by atoms with E-state index in [1.165, 1.54) is 16.7 Å². The lowest BCUT2D eigenvalue weighted by atomic mass is 9.74. The smallest absolute Gasteiger partial charge is 0.320 e. The van der Waals surface area contributed by atoms with Gasteiger partial charge in [0.1, 0.15) is 0 Å². The molecule has 2 aliphatic rings. The van der Waals surface area contributed by atoms with Crippen LogP contribution in [0.5, 0.6) is 0 Å². The molecular formula is C34H38N2O3. The number of piperidine rings is 2. The molecule has 3 aromatic rings. The lowest BCUT2D eigenvalue weighted by Crippen LogP contribution is -2.52. The van der Waals surface area contributed by atoms with E-state index < -0.39 is 5.54 Å². The average Bonchev–Trinajstić information content (AvgIpc) is 2.98. The zero-order valence-electron chi connectivity index (χ0n) is 22.8. The van der Waals surface area contributed by atoms with Gasteiger partial charge in [0.15, 0.2) is 5.78 Å². The molecule has 2 heterocycles. The zero-order valence-corrected chi connectivity index (χ0v) is 22.8. The van der Waals surface area contributed by atoms with Crippen molar-refractivity contribution in [2.45, 2.75) is 31.7 Å². The molecule has 0 saturated carbocycles. The number of carbonyl (C=O) groups excluding carboxylic acids is 2. The number of hydrogen-bond acceptors (Lipinski definition) is 5. The van der Waals surface area contributed by atoms with E-state index in [0.29, 0.717) is 38.6 Å². The van der Waals surface area contributed by atoms with Crippen molar-refractivity contribution in [3.8, 4) is 0 Å². The van der Waals surface area contributed by atoms with E-state index in [9.17, 15) is 9.59 Å². The topological polar surface area (TPSA) is 49.9 Å². The van der Waals surface area contributed by atoms with Crippen LogP contribution in [0.15, 0.2) is 103 Å². The number of nitrogens with zero attached hydrogens (tertiary/aromatic N) is 2. The number of rotatable bonds is 8. The summed E-state index contributed by atoms with van der Waals surface area (Å²) in [5.41, 5.74) is 3.99. The molecule has 0 aromatic heterocycles. The lowest BCUT2D eigenvalue weighted by molar-refractivity contribution is -0.144. The van der Waals surface area contributed by atoms with Crippen LogP contribution >= 0.6 is 0 Å². The second kappa shape index (κ2) is 12.5. The SMILES string of the molecule is CCOC(=O)CN1CCC(/C=C2\CN(C(c3ccccc3)(c3ccccc3)c3ccccc3)CCC2=O)CC1. The molecule has 202 valence electrons. The molecule has 0 aliphatic carbocycles. The second-order valence-corrected chi connectivity index (χ2v) is 10.5. The predicted molar refractivity (Wildman–Crippen MR) is 154 cm³/mol. The van der Waals surface area contributed by atoms with Crippen LogP contribution in [0.2, 0.25) is 0 Å². The van der Waals surface area contributed by atoms with Gasteiger partial charge in [-0.25, -0.2) is 0 Å². The van der Waals surface area contributed by atoms with Crippen LogP contribution in [0.25, 0.3) is 0 Å². The van der Waals surface area contributed by atoms with E-state index in [0.717, 1.165) is 31.5 Å². The van der Waals surface area contributed by atoms with Crippen LogP contribution in [0.1, 0.15) is 42.9 Å². The average molecular weight is 523 g/mol. The van der Waals surface area contributed by atoms with Gasteiger partial charge in [-0.1, -0.05) is 97.1 Å². The molecular weight excluding hydrogens is 484 g/mol. The molecule has 39 heavy (non-hydrogen) atoms. The molecule has 0 spiro atoms. The monoisotopic (exact) mass is 522 g/mol. The van der Waals surface area contributed by atoms with Crippen molar-refractivity contribution in [1.82, 2.24) is 9.80 Å². The number of ketones is 1. The van der Waals surface area contributed by atoms with Crippen molar-refractivity contribution < 1.29 is 14.3 Å². The van der Waals surface area contributed by atoms with Crippen LogP contribution < -0.4 is 0 Å². The first-order chi connectivity index (χ1) is 19.1. The Bertz CT molecular complexity index is 1170. The normalized spacial score (nSPS) is 18.8. The fraction of sp³-hybridized carbons (Fsp3) is 0.353. The third-order valence-electron chi connectivity index (χ3n) is 8.10. The first-order valence-electron chi connectivity index (χ1n) is 14.1. The Morgan fingerprint density at radius 1 is 0.846 bits per heavy atom. The van der Waals surface area contributed by atoms with Crippen molar-refractivity contribution in [1.29, 1.82) is 0 Å². The second-order valence-electron chi connectivity index (χ2n) is 10.5. The van der Waals surface area contributed by atoms with Gasteiger partial charge in [0.25, 0.3) is 0 Å². The van der Waals surface area contributed by atoms with Crippen molar-refractivity contribution in [3.05, 3.63) is 119 Å². The molecule has 0 N–H and O–H groups in total. The number of allylic oxidation sites excluding steroid dienone is 1. The summed E-state index contributed by atoms with van der Waals surface area (Å²) in [6.45, 7) is 5.56. The molecule has 0 amide bonds. The minimum atomic E-state index is -0.521. The summed E-state index contributed by atoms with van der Waals surface area (Å²) in [4.78, 5) is 29.8. The molecule has 0 radical (unpaired) electrons. The number of hydrogen-bond donors (Lipinski definition) is 0. The Morgan fingerprint density at radius 3 is 1.85 bits per heavy atom. The third-order valence-corrected chi connectivity index (χ3v) is 8.10. The van der Waals surface area contributed by atoms with Crippen LogP contribution in [0.3, 0.4) is 0 Å². The van der Waals surface area contributed by atoms with Crippen LogP contribution in [0.4, 0.5) is 0 Å². The molecule has 2 aliphatic heterocycles. The highest BCUT2D eigenvalue weighted by molar-refractivity contribution is 5.96. The highest BCUT2D eigenvalue weighted by atomic mass is 16.5. The molecule has 2 saturated heterocycles. The molecule has 3 aromatic carbocycles. The number of benzene rings is 3. The molecule has 0 bridgehead atoms. The molecule has 0 unspecified atom stereocenters. The highest BCUT2D eigenvalue weighted by Gasteiger charge is 2.44. The van der Waals surface area contributed by atoms with Gasteiger partial charge in [-0.3, -0.25) is 19.4 Å². The van der Waals surface area contributed by atoms with Gasteiger partial charge in [0.2, 0.25) is 0 Å². The Morgan fingerprint density at radius 2 is 1.36 bits per heavy atom. The summed E-state index contributed by atoms with van der Waals surface area (Å²) in [6.07, 6.45) is 4.62. The van der Waals surface area contributed by atoms with Gasteiger partial charge in [0, 0.05) is 25.1 Å². The molecule has 2 fully saturated rings. The van der Waals surface area contributed by atoms with Crippen LogP contribution in [-0.4, -0.2) is 60.9 Å². The summed E-state index contributed by atoms with van der Waals surface area (Å²) >= 11 is 0. The Kier molecular flexibility index (Phi) is 8.70. The van der Waals surface area contributed by atoms with E-state index in [1.54, 1.807) is 0 Å². The van der Waals surface area contributed by atoms with E-state index in [2.05, 4.69) is 107 Å². The van der Waals surface area contributed by atoms with Gasteiger partial charge >= 0.3 is 5.97 Å². The van der Waals surface area contributed by atoms with E-state index >= 15 is 0 Å². The minimum Gasteiger partial charge on any atom is -0.465 e. The summed E-state index contributed by atoms with van der Waals surface area (Å²) in [7, 11) is 0. The Hall–Kier alpha value is -3.54. The Labute approximate surface area is 232 Å². The fourth-order valence-electron chi connectivity index (χ4n) is 6.24. The van der Waals surface area contributed by atoms with Crippen molar-refractivity contribution in [2.75, 3.05) is 39.3 Å². The molecule has 5 heteroatoms. The highest BCUT2D eigenvalue weighted by Crippen LogP contribution is 2.44. The van der Waals surface area contributed by atoms with E-state index in [-0.39, 0.29) is 11.8 Å². The third kappa shape index (κ3) is 5.90. The maximum absolute atomic E-state index is 13.3. The number of ether oxygens (including phenoxy) is 1. The molecule has 0 atom stereocenters. The summed E-state index contributed by atoms with van der Waals surface area (Å²) in [5.74, 6) is 0.427. The summed E-state index contributed by atoms with van der Waals surface area (Å²) < 4.78 is 5.12. The quantitative estimate of drug-likeness (QED) is 0.224. The van der Waals surface area contributed by atoms with E-state index in [4.69, 9.17) is 4.74 Å². The number of esters is 1. The van der Waals surface area contributed by atoms with Crippen molar-refractivity contribution in [2.24, 2.45) is 5.92 Å². The van der Waals surface area contributed by atoms with Crippen molar-refractivity contribution >= 4 is 11.8 Å². The standard InChI is InChI=1S/C34H38N2O3/c1-2-39-33(38)26-35-21-18-27(19-22-35)24-28-25-36(23-20-32(28)37)34(29-12-6-3-7-13-29,30-14-8-4-9-15-30)31-16-10-5-11-17-31/h3-17,24,27H,2,18-23,25-26H2,1H3/b28-24+. The number of likely N-dealkylation sites (tertiary alicyclic amines) is 2. The van der Waals surface area contributed by atoms with Crippen LogP contribution in [0, 0.1) is 5.92 Å². The minimum absolute atomic E-state index is 0.161. The van der Waals surface area contributed by atoms with Crippen LogP contribution in [-0.2, 0) is 19.9 Å². The fourth-order valence-corrected chi connectivity index (χ4v) is 6.24. The van der Waals surface area contributed by atoms with Gasteiger partial charge in [0.05, 0.1) is 18.7 Å². The maximum atomic E-state index is 13.3. The predicted octanol–water partition coefficient (Wildman–Crippen LogP) is 5.45. The Balaban J connectivity index is 1.46. The van der Waals surface area contributed by atoms with Gasteiger partial charge in [-0.05, 0) is 55.5 Å². The maximum Gasteiger partial charge on any atom is 0.320 e. The number of Topliss-reactive ketones (excluding diaryl/α,β-unsaturated/α-hetero) is 1. The lowest BCUT2D eigenvalue weighted by Gasteiger charge is -2.47. The first kappa shape index (κ1) is 27.0. The van der Waals surface area contributed by atoms with Gasteiger partial charge < -0.3 is 4.74 Å². The van der Waals surface area contributed by atoms with Crippen molar-refractivity contribution in [3.63, 3.8) is 0 Å². The summed E-state index contributed by atoms with van der Waals surface area (Å²) in [6, 6.07) is 32.0. The molecule has 5 rings (SSSR count).